The van der Waals surface area contributed by atoms with E-state index in [1.54, 1.807) is 12.1 Å². The molecule has 0 atom stereocenters. The normalized spacial score (nSPS) is 17.8. The van der Waals surface area contributed by atoms with Crippen LogP contribution in [0.15, 0.2) is 18.2 Å². The maximum absolute atomic E-state index is 13.8. The summed E-state index contributed by atoms with van der Waals surface area (Å²) >= 11 is 0. The van der Waals surface area contributed by atoms with Crippen LogP contribution in [0.5, 0.6) is 0 Å². The Balaban J connectivity index is 1.96. The molecule has 4 heteroatoms. The van der Waals surface area contributed by atoms with Crippen molar-refractivity contribution in [1.29, 1.82) is 0 Å². The van der Waals surface area contributed by atoms with Crippen LogP contribution in [0.3, 0.4) is 0 Å². The summed E-state index contributed by atoms with van der Waals surface area (Å²) in [7, 11) is 0. The Morgan fingerprint density at radius 1 is 1.35 bits per heavy atom. The number of benzene rings is 1. The molecule has 0 heterocycles. The van der Waals surface area contributed by atoms with E-state index in [0.29, 0.717) is 12.1 Å². The molecule has 3 nitrogen and oxygen atoms in total. The van der Waals surface area contributed by atoms with Crippen LogP contribution in [0.2, 0.25) is 0 Å². The van der Waals surface area contributed by atoms with Gasteiger partial charge >= 0.3 is 0 Å². The summed E-state index contributed by atoms with van der Waals surface area (Å²) in [4.78, 5) is 12.3. The number of hydrogen-bond acceptors (Lipinski definition) is 2. The average Bonchev–Trinajstić information content (AvgIpc) is 2.46. The summed E-state index contributed by atoms with van der Waals surface area (Å²) in [6, 6.07) is 4.93. The minimum absolute atomic E-state index is 0.0412. The number of nitrogens with one attached hydrogen (secondary N) is 1. The largest absolute Gasteiger partial charge is 0.351 e. The third-order valence-electron chi connectivity index (χ3n) is 4.30. The summed E-state index contributed by atoms with van der Waals surface area (Å²) in [6.45, 7) is 2.57. The first-order valence-electron chi connectivity index (χ1n) is 7.31. The highest BCUT2D eigenvalue weighted by Gasteiger charge is 2.34. The minimum atomic E-state index is -0.304. The topological polar surface area (TPSA) is 55.1 Å². The number of halogens is 1. The zero-order valence-electron chi connectivity index (χ0n) is 12.0. The molecule has 0 saturated heterocycles. The molecule has 110 valence electrons. The van der Waals surface area contributed by atoms with Crippen LogP contribution in [0, 0.1) is 11.2 Å². The van der Waals surface area contributed by atoms with Crippen molar-refractivity contribution in [2.24, 2.45) is 11.1 Å². The van der Waals surface area contributed by atoms with E-state index < -0.39 is 0 Å². The molecule has 0 bridgehead atoms. The van der Waals surface area contributed by atoms with Gasteiger partial charge in [0.25, 0.3) is 0 Å². The highest BCUT2D eigenvalue weighted by molar-refractivity contribution is 5.82. The quantitative estimate of drug-likeness (QED) is 0.889. The van der Waals surface area contributed by atoms with Crippen molar-refractivity contribution in [2.45, 2.75) is 52.1 Å². The lowest BCUT2D eigenvalue weighted by molar-refractivity contribution is -0.132. The van der Waals surface area contributed by atoms with E-state index in [9.17, 15) is 9.18 Å². The van der Waals surface area contributed by atoms with Gasteiger partial charge in [-0.1, -0.05) is 38.3 Å². The van der Waals surface area contributed by atoms with Crippen molar-refractivity contribution in [3.63, 3.8) is 0 Å². The lowest BCUT2D eigenvalue weighted by Crippen LogP contribution is -2.40. The Morgan fingerprint density at radius 2 is 2.05 bits per heavy atom. The zero-order valence-corrected chi connectivity index (χ0v) is 12.0. The summed E-state index contributed by atoms with van der Waals surface area (Å²) in [5.74, 6) is -0.262. The Kier molecular flexibility index (Phi) is 4.76. The van der Waals surface area contributed by atoms with Gasteiger partial charge < -0.3 is 11.1 Å². The third kappa shape index (κ3) is 3.37. The highest BCUT2D eigenvalue weighted by atomic mass is 19.1. The van der Waals surface area contributed by atoms with Crippen LogP contribution in [0.25, 0.3) is 0 Å². The lowest BCUT2D eigenvalue weighted by Gasteiger charge is -2.32. The Hall–Kier alpha value is -1.42. The van der Waals surface area contributed by atoms with Gasteiger partial charge in [0.2, 0.25) is 5.91 Å². The fourth-order valence-corrected chi connectivity index (χ4v) is 2.81. The van der Waals surface area contributed by atoms with Gasteiger partial charge in [-0.05, 0) is 24.5 Å². The molecule has 3 N–H and O–H groups in total. The number of carbonyl (C=O) groups is 1. The van der Waals surface area contributed by atoms with E-state index in [4.69, 9.17) is 5.73 Å². The van der Waals surface area contributed by atoms with Gasteiger partial charge in [0.05, 0.1) is 0 Å². The van der Waals surface area contributed by atoms with Crippen LogP contribution in [0.1, 0.15) is 50.2 Å². The van der Waals surface area contributed by atoms with Crippen molar-refractivity contribution < 1.29 is 9.18 Å². The summed E-state index contributed by atoms with van der Waals surface area (Å²) in [6.07, 6.45) is 5.26. The van der Waals surface area contributed by atoms with Crippen LogP contribution in [-0.4, -0.2) is 5.91 Å². The molecule has 0 aromatic heterocycles. The molecule has 1 aromatic carbocycles. The smallest absolute Gasteiger partial charge is 0.226 e. The molecule has 0 spiro atoms. The van der Waals surface area contributed by atoms with Gasteiger partial charge in [-0.15, -0.1) is 0 Å². The number of amides is 1. The van der Waals surface area contributed by atoms with Crippen LogP contribution in [0.4, 0.5) is 4.39 Å². The molecule has 1 amide bonds. The van der Waals surface area contributed by atoms with Gasteiger partial charge in [-0.3, -0.25) is 4.79 Å². The second kappa shape index (κ2) is 6.35. The van der Waals surface area contributed by atoms with Crippen LogP contribution < -0.4 is 11.1 Å². The number of rotatable bonds is 4. The first kappa shape index (κ1) is 15.0. The van der Waals surface area contributed by atoms with Gasteiger partial charge in [-0.2, -0.15) is 0 Å². The molecule has 0 unspecified atom stereocenters. The molecule has 1 saturated carbocycles. The second-order valence-electron chi connectivity index (χ2n) is 5.93. The fraction of sp³-hybridized carbons (Fsp3) is 0.562. The van der Waals surface area contributed by atoms with Crippen molar-refractivity contribution >= 4 is 5.91 Å². The summed E-state index contributed by atoms with van der Waals surface area (Å²) < 4.78 is 13.8. The Bertz CT molecular complexity index is 481. The van der Waals surface area contributed by atoms with E-state index >= 15 is 0 Å². The standard InChI is InChI=1S/C16H23FN2O/c1-16(7-3-2-4-8-16)15(20)19-11-13-6-5-12(10-18)9-14(13)17/h5-6,9H,2-4,7-8,10-11,18H2,1H3,(H,19,20). The molecule has 2 rings (SSSR count). The first-order valence-corrected chi connectivity index (χ1v) is 7.31. The highest BCUT2D eigenvalue weighted by Crippen LogP contribution is 2.35. The predicted molar refractivity (Wildman–Crippen MR) is 77.3 cm³/mol. The van der Waals surface area contributed by atoms with Gasteiger partial charge in [0.15, 0.2) is 0 Å². The third-order valence-corrected chi connectivity index (χ3v) is 4.30. The van der Waals surface area contributed by atoms with Gasteiger partial charge in [0.1, 0.15) is 5.82 Å². The molecule has 20 heavy (non-hydrogen) atoms. The first-order chi connectivity index (χ1) is 9.55. The number of nitrogens with two attached hydrogens (primary N) is 1. The van der Waals surface area contributed by atoms with Crippen molar-refractivity contribution in [3.8, 4) is 0 Å². The zero-order chi connectivity index (χ0) is 14.6. The number of carbonyl (C=O) groups excluding carboxylic acids is 1. The average molecular weight is 278 g/mol. The van der Waals surface area contributed by atoms with E-state index in [1.807, 2.05) is 6.92 Å². The fourth-order valence-electron chi connectivity index (χ4n) is 2.81. The van der Waals surface area contributed by atoms with Crippen molar-refractivity contribution in [1.82, 2.24) is 5.32 Å². The molecule has 1 aromatic rings. The monoisotopic (exact) mass is 278 g/mol. The van der Waals surface area contributed by atoms with Gasteiger partial charge in [-0.25, -0.2) is 4.39 Å². The second-order valence-corrected chi connectivity index (χ2v) is 5.93. The maximum atomic E-state index is 13.8. The van der Waals surface area contributed by atoms with Crippen molar-refractivity contribution in [2.75, 3.05) is 0 Å². The van der Waals surface area contributed by atoms with E-state index in [0.717, 1.165) is 31.2 Å². The van der Waals surface area contributed by atoms with E-state index in [-0.39, 0.29) is 23.7 Å². The Morgan fingerprint density at radius 3 is 2.65 bits per heavy atom. The van der Waals surface area contributed by atoms with E-state index in [2.05, 4.69) is 5.32 Å². The molecule has 0 radical (unpaired) electrons. The van der Waals surface area contributed by atoms with Crippen molar-refractivity contribution in [3.05, 3.63) is 35.1 Å². The van der Waals surface area contributed by atoms with Crippen LogP contribution in [-0.2, 0) is 17.9 Å². The summed E-state index contributed by atoms with van der Waals surface area (Å²) in [5.41, 5.74) is 6.45. The van der Waals surface area contributed by atoms with Crippen LogP contribution >= 0.6 is 0 Å². The summed E-state index contributed by atoms with van der Waals surface area (Å²) in [5, 5.41) is 2.88. The number of hydrogen-bond donors (Lipinski definition) is 2. The predicted octanol–water partition coefficient (Wildman–Crippen LogP) is 2.87. The maximum Gasteiger partial charge on any atom is 0.226 e. The van der Waals surface area contributed by atoms with Gasteiger partial charge in [0, 0.05) is 24.1 Å². The molecule has 1 aliphatic carbocycles. The molecular weight excluding hydrogens is 255 g/mol. The minimum Gasteiger partial charge on any atom is -0.351 e. The molecule has 0 aliphatic heterocycles. The Labute approximate surface area is 119 Å². The molecule has 1 aliphatic rings. The SMILES string of the molecule is CC1(C(=O)NCc2ccc(CN)cc2F)CCCCC1. The molecule has 1 fully saturated rings. The van der Waals surface area contributed by atoms with E-state index in [1.165, 1.54) is 12.5 Å². The molecular formula is C16H23FN2O. The lowest BCUT2D eigenvalue weighted by atomic mass is 9.75.